The molecule has 1 aromatic heterocycles. The second-order valence-electron chi connectivity index (χ2n) is 12.6. The van der Waals surface area contributed by atoms with Gasteiger partial charge < -0.3 is 35.5 Å². The summed E-state index contributed by atoms with van der Waals surface area (Å²) in [5.74, 6) is -5.70. The number of β-lactam (4-membered cyclic amide) rings is 1. The van der Waals surface area contributed by atoms with Crippen LogP contribution in [-0.4, -0.2) is 120 Å². The quantitative estimate of drug-likeness (QED) is 0.0172. The number of carbonyl (C=O) groups is 8. The van der Waals surface area contributed by atoms with E-state index >= 15 is 0 Å². The van der Waals surface area contributed by atoms with Gasteiger partial charge in [-0.3, -0.25) is 49.2 Å². The fraction of sp³-hybridized carbons (Fsp3) is 0.294. The zero-order valence-corrected chi connectivity index (χ0v) is 35.9. The van der Waals surface area contributed by atoms with E-state index in [2.05, 4.69) is 31.5 Å². The molecule has 3 aliphatic rings. The van der Waals surface area contributed by atoms with Crippen LogP contribution < -0.4 is 55.9 Å². The number of urea groups is 1. The van der Waals surface area contributed by atoms with Crippen LogP contribution in [0.2, 0.25) is 0 Å². The maximum absolute atomic E-state index is 14.2. The van der Waals surface area contributed by atoms with Crippen molar-refractivity contribution in [2.45, 2.75) is 34.9 Å². The number of amides is 8. The Kier molecular flexibility index (Phi) is 14.9. The van der Waals surface area contributed by atoms with Gasteiger partial charge in [-0.15, -0.1) is 22.0 Å². The van der Waals surface area contributed by atoms with E-state index in [-0.39, 0.29) is 90.7 Å². The van der Waals surface area contributed by atoms with Gasteiger partial charge >= 0.3 is 53.5 Å². The van der Waals surface area contributed by atoms with Crippen molar-refractivity contribution in [1.29, 1.82) is 0 Å². The maximum atomic E-state index is 14.2. The molecule has 0 bridgehead atoms. The van der Waals surface area contributed by atoms with Crippen LogP contribution in [0.25, 0.3) is 0 Å². The smallest absolute Gasteiger partial charge is 0.543 e. The van der Waals surface area contributed by atoms with Gasteiger partial charge in [0.15, 0.2) is 4.34 Å². The van der Waals surface area contributed by atoms with Crippen LogP contribution in [0.5, 0.6) is 0 Å². The minimum absolute atomic E-state index is 0. The van der Waals surface area contributed by atoms with E-state index in [9.17, 15) is 53.6 Å². The third-order valence-corrected chi connectivity index (χ3v) is 12.5. The molecule has 1 unspecified atom stereocenters. The SMILES string of the molecule is CCN1CCN(C(=O)NC(C(=O)N[C@]2(NC=O)C(=O)N3C(C(=O)[O-])=C(CSc4nncs4)CS[C@H]32)c2ccc(NC(=O)OCc3ccc([N+](=O)[O-])cc3)cc2)C(=O)C1=O.[Na+]. The number of ether oxygens (including phenoxy) is 1. The fourth-order valence-corrected chi connectivity index (χ4v) is 9.24. The van der Waals surface area contributed by atoms with Gasteiger partial charge in [0.1, 0.15) is 23.5 Å². The number of hydrogen-bond acceptors (Lipinski definition) is 17. The summed E-state index contributed by atoms with van der Waals surface area (Å²) in [6.07, 6.45) is -0.758. The molecule has 3 atom stereocenters. The molecule has 3 aromatic rings. The van der Waals surface area contributed by atoms with Crippen molar-refractivity contribution >= 4 is 94.4 Å². The minimum Gasteiger partial charge on any atom is -0.543 e. The molecule has 4 N–H and O–H groups in total. The molecule has 22 nitrogen and oxygen atoms in total. The molecule has 0 aliphatic carbocycles. The average Bonchev–Trinajstić information content (AvgIpc) is 3.75. The first-order valence-electron chi connectivity index (χ1n) is 17.3. The Morgan fingerprint density at radius 3 is 2.42 bits per heavy atom. The number of fused-ring (bicyclic) bond motifs is 1. The van der Waals surface area contributed by atoms with Gasteiger partial charge in [-0.1, -0.05) is 35.2 Å². The number of nitro groups is 1. The number of nitro benzene ring substituents is 1. The molecule has 60 heavy (non-hydrogen) atoms. The number of non-ortho nitro benzene ring substituents is 1. The van der Waals surface area contributed by atoms with E-state index in [1.54, 1.807) is 6.92 Å². The molecule has 4 heterocycles. The molecular weight excluding hydrogens is 860 g/mol. The molecule has 0 saturated carbocycles. The number of piperazine rings is 1. The van der Waals surface area contributed by atoms with Crippen molar-refractivity contribution in [1.82, 2.24) is 40.8 Å². The number of nitrogens with zero attached hydrogens (tertiary/aromatic N) is 6. The number of carboxylic acids is 1. The Morgan fingerprint density at radius 2 is 1.80 bits per heavy atom. The Morgan fingerprint density at radius 1 is 1.08 bits per heavy atom. The standard InChI is InChI=1S/C34H32N10O12S3.Na/c1-2-41-11-12-42(27(48)26(41)47)31(52)38-23(19-5-7-21(8-6-19)37-32(53)56-13-18-3-9-22(10-4-18)44(54)55)25(46)39-34(35-16-45)29(51)43-24(28(49)50)20(14-57-30(34)43)15-58-33-40-36-17-59-33;/h3-10,16-17,23,30H,2,11-15H2,1H3,(H,35,45)(H,37,53)(H,38,52)(H,39,46)(H,49,50);/q;+1/p-1/t23?,30-,34+;/m0./s1. The second kappa shape index (κ2) is 19.6. The van der Waals surface area contributed by atoms with E-state index in [1.165, 1.54) is 82.0 Å². The third kappa shape index (κ3) is 9.55. The molecule has 308 valence electrons. The largest absolute Gasteiger partial charge is 1.00 e. The molecule has 0 spiro atoms. The number of nitrogens with one attached hydrogen (secondary N) is 4. The summed E-state index contributed by atoms with van der Waals surface area (Å²) in [5, 5.41) is 39.4. The van der Waals surface area contributed by atoms with Crippen LogP contribution >= 0.6 is 34.9 Å². The molecule has 2 aromatic carbocycles. The van der Waals surface area contributed by atoms with E-state index in [4.69, 9.17) is 4.74 Å². The first-order valence-corrected chi connectivity index (χ1v) is 20.2. The number of benzene rings is 2. The van der Waals surface area contributed by atoms with Crippen LogP contribution in [-0.2, 0) is 40.1 Å². The first-order chi connectivity index (χ1) is 28.3. The second-order valence-corrected chi connectivity index (χ2v) is 15.7. The monoisotopic (exact) mass is 890 g/mol. The van der Waals surface area contributed by atoms with Gasteiger partial charge in [0.25, 0.3) is 11.6 Å². The van der Waals surface area contributed by atoms with E-state index < -0.39 is 69.4 Å². The van der Waals surface area contributed by atoms with Crippen molar-refractivity contribution in [2.24, 2.45) is 0 Å². The number of carbonyl (C=O) groups excluding carboxylic acids is 8. The predicted octanol–water partition coefficient (Wildman–Crippen LogP) is -3.09. The summed E-state index contributed by atoms with van der Waals surface area (Å²) in [7, 11) is 0. The van der Waals surface area contributed by atoms with Crippen LogP contribution in [0.15, 0.2) is 69.7 Å². The third-order valence-electron chi connectivity index (χ3n) is 9.14. The maximum Gasteiger partial charge on any atom is 1.00 e. The van der Waals surface area contributed by atoms with E-state index in [0.29, 0.717) is 20.4 Å². The Bertz CT molecular complexity index is 2230. The van der Waals surface area contributed by atoms with Crippen molar-refractivity contribution in [3.8, 4) is 0 Å². The van der Waals surface area contributed by atoms with Crippen LogP contribution in [0.3, 0.4) is 0 Å². The molecular formula is C34H31N10NaO12S3. The number of aromatic nitrogens is 2. The number of anilines is 1. The fourth-order valence-electron chi connectivity index (χ4n) is 6.18. The molecule has 2 fully saturated rings. The van der Waals surface area contributed by atoms with Crippen LogP contribution in [0.1, 0.15) is 24.1 Å². The van der Waals surface area contributed by atoms with E-state index in [1.807, 2.05) is 0 Å². The number of rotatable bonds is 15. The number of hydrogen-bond donors (Lipinski definition) is 4. The van der Waals surface area contributed by atoms with Gasteiger partial charge in [-0.25, -0.2) is 9.59 Å². The Hall–Kier alpha value is -5.60. The average molecular weight is 891 g/mol. The topological polar surface area (TPSA) is 296 Å². The normalized spacial score (nSPS) is 18.9. The summed E-state index contributed by atoms with van der Waals surface area (Å²) in [4.78, 5) is 117. The molecule has 26 heteroatoms. The van der Waals surface area contributed by atoms with Gasteiger partial charge in [-0.2, -0.15) is 0 Å². The number of carboxylic acid groups (broad SMARTS) is 1. The van der Waals surface area contributed by atoms with Crippen LogP contribution in [0, 0.1) is 10.1 Å². The summed E-state index contributed by atoms with van der Waals surface area (Å²) in [6.45, 7) is 1.47. The van der Waals surface area contributed by atoms with Gasteiger partial charge in [0.2, 0.25) is 18.0 Å². The van der Waals surface area contributed by atoms with Gasteiger partial charge in [0.05, 0.1) is 16.6 Å². The zero-order chi connectivity index (χ0) is 42.4. The molecule has 8 amide bonds. The number of likely N-dealkylation sites (N-methyl/N-ethyl adjacent to an activating group) is 1. The number of imide groups is 1. The zero-order valence-electron chi connectivity index (χ0n) is 31.5. The summed E-state index contributed by atoms with van der Waals surface area (Å²) < 4.78 is 5.73. The molecule has 6 rings (SSSR count). The molecule has 0 radical (unpaired) electrons. The van der Waals surface area contributed by atoms with Crippen molar-refractivity contribution in [3.63, 3.8) is 0 Å². The van der Waals surface area contributed by atoms with Crippen molar-refractivity contribution < 1.29 is 82.7 Å². The predicted molar refractivity (Wildman–Crippen MR) is 204 cm³/mol. The summed E-state index contributed by atoms with van der Waals surface area (Å²) in [5.41, 5.74) is -0.300. The van der Waals surface area contributed by atoms with Crippen molar-refractivity contribution in [2.75, 3.05) is 36.5 Å². The Labute approximate surface area is 373 Å². The van der Waals surface area contributed by atoms with Crippen molar-refractivity contribution in [3.05, 3.63) is 86.6 Å². The van der Waals surface area contributed by atoms with Crippen LogP contribution in [0.4, 0.5) is 21.0 Å². The Balaban J connectivity index is 0.00000683. The summed E-state index contributed by atoms with van der Waals surface area (Å²) >= 11 is 3.47. The van der Waals surface area contributed by atoms with E-state index in [0.717, 1.165) is 16.7 Å². The number of thioether (sulfide) groups is 2. The number of aliphatic carboxylic acids is 1. The van der Waals surface area contributed by atoms with Gasteiger partial charge in [0, 0.05) is 49.0 Å². The minimum atomic E-state index is -2.21. The first kappa shape index (κ1) is 45.5. The molecule has 2 saturated heterocycles. The molecule has 3 aliphatic heterocycles. The summed E-state index contributed by atoms with van der Waals surface area (Å²) in [6, 6.07) is 7.82. The van der Waals surface area contributed by atoms with Gasteiger partial charge in [-0.05, 0) is 47.9 Å².